The molecule has 0 saturated heterocycles. The summed E-state index contributed by atoms with van der Waals surface area (Å²) in [5, 5.41) is 10.6. The van der Waals surface area contributed by atoms with Gasteiger partial charge in [0.15, 0.2) is 15.8 Å². The predicted molar refractivity (Wildman–Crippen MR) is 104 cm³/mol. The summed E-state index contributed by atoms with van der Waals surface area (Å²) in [5.41, 5.74) is 3.12. The SMILES string of the molecule is CCNC(=NCc1c(C)nn(C)c1C)NCCS(=O)(=O)c1ccccc1. The van der Waals surface area contributed by atoms with Gasteiger partial charge in [0.05, 0.1) is 22.9 Å². The molecule has 0 fully saturated rings. The van der Waals surface area contributed by atoms with Crippen LogP contribution in [0.3, 0.4) is 0 Å². The van der Waals surface area contributed by atoms with E-state index in [0.717, 1.165) is 17.0 Å². The molecule has 0 radical (unpaired) electrons. The number of aromatic nitrogens is 2. The molecule has 0 spiro atoms. The Morgan fingerprint density at radius 1 is 1.19 bits per heavy atom. The van der Waals surface area contributed by atoms with Gasteiger partial charge in [0.2, 0.25) is 0 Å². The Kier molecular flexibility index (Phi) is 6.79. The number of rotatable bonds is 7. The number of benzene rings is 1. The fraction of sp³-hybridized carbons (Fsp3) is 0.444. The van der Waals surface area contributed by atoms with Crippen molar-refractivity contribution in [1.82, 2.24) is 20.4 Å². The Morgan fingerprint density at radius 2 is 1.88 bits per heavy atom. The van der Waals surface area contributed by atoms with Gasteiger partial charge in [-0.1, -0.05) is 18.2 Å². The summed E-state index contributed by atoms with van der Waals surface area (Å²) in [7, 11) is -1.40. The van der Waals surface area contributed by atoms with Gasteiger partial charge < -0.3 is 10.6 Å². The molecule has 0 aliphatic carbocycles. The van der Waals surface area contributed by atoms with Crippen molar-refractivity contribution in [3.8, 4) is 0 Å². The summed E-state index contributed by atoms with van der Waals surface area (Å²) in [5.74, 6) is 0.602. The van der Waals surface area contributed by atoms with Crippen molar-refractivity contribution in [3.63, 3.8) is 0 Å². The first-order valence-corrected chi connectivity index (χ1v) is 10.3. The van der Waals surface area contributed by atoms with E-state index >= 15 is 0 Å². The topological polar surface area (TPSA) is 88.4 Å². The summed E-state index contributed by atoms with van der Waals surface area (Å²) in [6, 6.07) is 8.48. The van der Waals surface area contributed by atoms with E-state index in [4.69, 9.17) is 0 Å². The van der Waals surface area contributed by atoms with Gasteiger partial charge in [-0.15, -0.1) is 0 Å². The molecule has 1 heterocycles. The Hall–Kier alpha value is -2.35. The quantitative estimate of drug-likeness (QED) is 0.565. The average molecular weight is 378 g/mol. The Morgan fingerprint density at radius 3 is 2.46 bits per heavy atom. The van der Waals surface area contributed by atoms with E-state index in [1.165, 1.54) is 0 Å². The van der Waals surface area contributed by atoms with Gasteiger partial charge in [-0.2, -0.15) is 5.10 Å². The minimum absolute atomic E-state index is 0.00633. The van der Waals surface area contributed by atoms with Crippen molar-refractivity contribution in [2.24, 2.45) is 12.0 Å². The molecular weight excluding hydrogens is 350 g/mol. The zero-order valence-corrected chi connectivity index (χ0v) is 16.6. The maximum Gasteiger partial charge on any atom is 0.191 e. The molecule has 0 bridgehead atoms. The number of nitrogens with zero attached hydrogens (tertiary/aromatic N) is 3. The number of aryl methyl sites for hydroxylation is 2. The van der Waals surface area contributed by atoms with Crippen molar-refractivity contribution in [2.45, 2.75) is 32.2 Å². The number of aliphatic imine (C=N–C) groups is 1. The van der Waals surface area contributed by atoms with Gasteiger partial charge in [-0.25, -0.2) is 13.4 Å². The van der Waals surface area contributed by atoms with Crippen LogP contribution in [0.25, 0.3) is 0 Å². The van der Waals surface area contributed by atoms with Crippen molar-refractivity contribution in [1.29, 1.82) is 0 Å². The van der Waals surface area contributed by atoms with Gasteiger partial charge in [0, 0.05) is 31.4 Å². The minimum atomic E-state index is -3.31. The number of guanidine groups is 1. The minimum Gasteiger partial charge on any atom is -0.357 e. The van der Waals surface area contributed by atoms with Crippen LogP contribution in [0.15, 0.2) is 40.2 Å². The van der Waals surface area contributed by atoms with E-state index in [-0.39, 0.29) is 12.3 Å². The molecule has 26 heavy (non-hydrogen) atoms. The second-order valence-corrected chi connectivity index (χ2v) is 8.14. The first-order valence-electron chi connectivity index (χ1n) is 8.64. The summed E-state index contributed by atoms with van der Waals surface area (Å²) < 4.78 is 26.5. The van der Waals surface area contributed by atoms with Crippen molar-refractivity contribution in [3.05, 3.63) is 47.3 Å². The first-order chi connectivity index (χ1) is 12.3. The third-order valence-corrected chi connectivity index (χ3v) is 5.90. The Balaban J connectivity index is 2.00. The Bertz CT molecular complexity index is 857. The van der Waals surface area contributed by atoms with Crippen molar-refractivity contribution in [2.75, 3.05) is 18.8 Å². The normalized spacial score (nSPS) is 12.2. The number of nitrogens with one attached hydrogen (secondary N) is 2. The van der Waals surface area contributed by atoms with Crippen LogP contribution in [0.1, 0.15) is 23.9 Å². The first kappa shape index (κ1) is 20.0. The smallest absolute Gasteiger partial charge is 0.191 e. The Labute approximate surface area is 155 Å². The van der Waals surface area contributed by atoms with Crippen LogP contribution < -0.4 is 10.6 Å². The zero-order valence-electron chi connectivity index (χ0n) is 15.8. The summed E-state index contributed by atoms with van der Waals surface area (Å²) in [4.78, 5) is 4.90. The monoisotopic (exact) mass is 377 g/mol. The summed E-state index contributed by atoms with van der Waals surface area (Å²) in [6.45, 7) is 7.42. The molecule has 0 aliphatic rings. The number of hydrogen-bond acceptors (Lipinski definition) is 4. The average Bonchev–Trinajstić information content (AvgIpc) is 2.85. The molecule has 0 aliphatic heterocycles. The van der Waals surface area contributed by atoms with Crippen LogP contribution in [0.2, 0.25) is 0 Å². The van der Waals surface area contributed by atoms with Gasteiger partial charge in [0.25, 0.3) is 0 Å². The van der Waals surface area contributed by atoms with Gasteiger partial charge in [-0.3, -0.25) is 4.68 Å². The molecule has 2 rings (SSSR count). The molecule has 2 N–H and O–H groups in total. The van der Waals surface area contributed by atoms with E-state index in [9.17, 15) is 8.42 Å². The van der Waals surface area contributed by atoms with Crippen molar-refractivity contribution >= 4 is 15.8 Å². The highest BCUT2D eigenvalue weighted by molar-refractivity contribution is 7.91. The predicted octanol–water partition coefficient (Wildman–Crippen LogP) is 1.57. The molecule has 7 nitrogen and oxygen atoms in total. The number of sulfone groups is 1. The standard InChI is InChI=1S/C18H27N5O2S/c1-5-19-18(21-13-17-14(2)22-23(4)15(17)3)20-11-12-26(24,25)16-9-7-6-8-10-16/h6-10H,5,11-13H2,1-4H3,(H2,19,20,21). The van der Waals surface area contributed by atoms with Gasteiger partial charge in [-0.05, 0) is 32.9 Å². The van der Waals surface area contributed by atoms with Crippen LogP contribution in [0.5, 0.6) is 0 Å². The van der Waals surface area contributed by atoms with Crippen molar-refractivity contribution < 1.29 is 8.42 Å². The third-order valence-electron chi connectivity index (χ3n) is 4.16. The summed E-state index contributed by atoms with van der Waals surface area (Å²) >= 11 is 0. The second kappa shape index (κ2) is 8.84. The molecule has 1 aromatic carbocycles. The van der Waals surface area contributed by atoms with Crippen LogP contribution in [0, 0.1) is 13.8 Å². The maximum atomic E-state index is 12.3. The lowest BCUT2D eigenvalue weighted by Gasteiger charge is -2.11. The fourth-order valence-corrected chi connectivity index (χ4v) is 3.77. The van der Waals surface area contributed by atoms with E-state index in [2.05, 4.69) is 20.7 Å². The van der Waals surface area contributed by atoms with Crippen LogP contribution in [-0.4, -0.2) is 43.0 Å². The van der Waals surface area contributed by atoms with E-state index < -0.39 is 9.84 Å². The number of hydrogen-bond donors (Lipinski definition) is 2. The highest BCUT2D eigenvalue weighted by Crippen LogP contribution is 2.13. The molecule has 8 heteroatoms. The molecule has 0 saturated carbocycles. The molecule has 1 aromatic heterocycles. The van der Waals surface area contributed by atoms with E-state index in [1.54, 1.807) is 30.3 Å². The van der Waals surface area contributed by atoms with Gasteiger partial charge in [0.1, 0.15) is 0 Å². The molecule has 0 atom stereocenters. The highest BCUT2D eigenvalue weighted by atomic mass is 32.2. The molecular formula is C18H27N5O2S. The lowest BCUT2D eigenvalue weighted by atomic mass is 10.2. The highest BCUT2D eigenvalue weighted by Gasteiger charge is 2.14. The van der Waals surface area contributed by atoms with Crippen LogP contribution in [-0.2, 0) is 23.4 Å². The second-order valence-electron chi connectivity index (χ2n) is 6.03. The molecule has 142 valence electrons. The van der Waals surface area contributed by atoms with Crippen LogP contribution >= 0.6 is 0 Å². The van der Waals surface area contributed by atoms with E-state index in [0.29, 0.717) is 23.9 Å². The molecule has 0 amide bonds. The fourth-order valence-electron chi connectivity index (χ4n) is 2.60. The van der Waals surface area contributed by atoms with Crippen LogP contribution in [0.4, 0.5) is 0 Å². The lowest BCUT2D eigenvalue weighted by Crippen LogP contribution is -2.39. The lowest BCUT2D eigenvalue weighted by molar-refractivity contribution is 0.594. The molecule has 0 unspecified atom stereocenters. The van der Waals surface area contributed by atoms with Gasteiger partial charge >= 0.3 is 0 Å². The maximum absolute atomic E-state index is 12.3. The largest absolute Gasteiger partial charge is 0.357 e. The zero-order chi connectivity index (χ0) is 19.2. The van der Waals surface area contributed by atoms with E-state index in [1.807, 2.05) is 32.5 Å². The summed E-state index contributed by atoms with van der Waals surface area (Å²) in [6.07, 6.45) is 0. The molecule has 2 aromatic rings. The third kappa shape index (κ3) is 5.08.